The van der Waals surface area contributed by atoms with Gasteiger partial charge in [-0.25, -0.2) is 9.97 Å². The Labute approximate surface area is 112 Å². The zero-order chi connectivity index (χ0) is 13.1. The van der Waals surface area contributed by atoms with Crippen molar-refractivity contribution < 1.29 is 4.79 Å². The average molecular weight is 269 g/mol. The highest BCUT2D eigenvalue weighted by atomic mass is 35.5. The van der Waals surface area contributed by atoms with Crippen molar-refractivity contribution in [3.8, 4) is 0 Å². The SMILES string of the molecule is CC(C)N1CCN(C(=O)c2cnc(Cl)cn2)CC1. The van der Waals surface area contributed by atoms with Gasteiger partial charge in [-0.15, -0.1) is 0 Å². The first-order chi connectivity index (χ1) is 8.58. The second kappa shape index (κ2) is 5.63. The molecule has 0 N–H and O–H groups in total. The van der Waals surface area contributed by atoms with Crippen molar-refractivity contribution in [1.82, 2.24) is 19.8 Å². The van der Waals surface area contributed by atoms with E-state index >= 15 is 0 Å². The molecule has 1 aliphatic heterocycles. The highest BCUT2D eigenvalue weighted by Gasteiger charge is 2.24. The van der Waals surface area contributed by atoms with Gasteiger partial charge >= 0.3 is 0 Å². The topological polar surface area (TPSA) is 49.3 Å². The molecule has 6 heteroatoms. The van der Waals surface area contributed by atoms with Crippen molar-refractivity contribution >= 4 is 17.5 Å². The molecule has 1 aromatic rings. The van der Waals surface area contributed by atoms with Gasteiger partial charge in [0.15, 0.2) is 0 Å². The molecule has 1 amide bonds. The highest BCUT2D eigenvalue weighted by Crippen LogP contribution is 2.09. The first-order valence-electron chi connectivity index (χ1n) is 6.09. The molecule has 0 atom stereocenters. The summed E-state index contributed by atoms with van der Waals surface area (Å²) >= 11 is 5.65. The minimum atomic E-state index is -0.0671. The lowest BCUT2D eigenvalue weighted by Gasteiger charge is -2.36. The second-order valence-electron chi connectivity index (χ2n) is 4.65. The van der Waals surface area contributed by atoms with E-state index in [0.29, 0.717) is 16.9 Å². The third-order valence-electron chi connectivity index (χ3n) is 3.17. The van der Waals surface area contributed by atoms with Crippen LogP contribution in [0.4, 0.5) is 0 Å². The highest BCUT2D eigenvalue weighted by molar-refractivity contribution is 6.29. The number of hydrogen-bond donors (Lipinski definition) is 0. The molecule has 1 aromatic heterocycles. The van der Waals surface area contributed by atoms with E-state index in [1.807, 2.05) is 4.90 Å². The number of nitrogens with zero attached hydrogens (tertiary/aromatic N) is 4. The molecule has 0 radical (unpaired) electrons. The molecule has 0 aromatic carbocycles. The normalized spacial score (nSPS) is 17.2. The smallest absolute Gasteiger partial charge is 0.274 e. The lowest BCUT2D eigenvalue weighted by molar-refractivity contribution is 0.0589. The Morgan fingerprint density at radius 3 is 2.39 bits per heavy atom. The Hall–Kier alpha value is -1.20. The molecule has 18 heavy (non-hydrogen) atoms. The van der Waals surface area contributed by atoms with Crippen LogP contribution in [0.2, 0.25) is 5.15 Å². The molecule has 5 nitrogen and oxygen atoms in total. The third-order valence-corrected chi connectivity index (χ3v) is 3.37. The number of hydrogen-bond acceptors (Lipinski definition) is 4. The van der Waals surface area contributed by atoms with E-state index in [2.05, 4.69) is 28.7 Å². The van der Waals surface area contributed by atoms with Crippen LogP contribution in [0.15, 0.2) is 12.4 Å². The van der Waals surface area contributed by atoms with E-state index in [0.717, 1.165) is 26.2 Å². The molecule has 0 aliphatic carbocycles. The third kappa shape index (κ3) is 2.97. The minimum Gasteiger partial charge on any atom is -0.335 e. The zero-order valence-electron chi connectivity index (χ0n) is 10.6. The summed E-state index contributed by atoms with van der Waals surface area (Å²) in [6.45, 7) is 7.63. The molecule has 98 valence electrons. The lowest BCUT2D eigenvalue weighted by Crippen LogP contribution is -2.50. The van der Waals surface area contributed by atoms with Gasteiger partial charge in [0.05, 0.1) is 12.4 Å². The van der Waals surface area contributed by atoms with Crippen molar-refractivity contribution in [3.05, 3.63) is 23.2 Å². The summed E-state index contributed by atoms with van der Waals surface area (Å²) in [4.78, 5) is 24.2. The number of halogens is 1. The first kappa shape index (κ1) is 13.2. The summed E-state index contributed by atoms with van der Waals surface area (Å²) < 4.78 is 0. The van der Waals surface area contributed by atoms with Crippen LogP contribution in [0, 0.1) is 0 Å². The number of rotatable bonds is 2. The van der Waals surface area contributed by atoms with E-state index in [-0.39, 0.29) is 5.91 Å². The number of piperazine rings is 1. The fourth-order valence-corrected chi connectivity index (χ4v) is 2.12. The van der Waals surface area contributed by atoms with Crippen LogP contribution in [0.5, 0.6) is 0 Å². The van der Waals surface area contributed by atoms with Gasteiger partial charge in [-0.05, 0) is 13.8 Å². The molecule has 1 saturated heterocycles. The van der Waals surface area contributed by atoms with Gasteiger partial charge < -0.3 is 4.90 Å². The van der Waals surface area contributed by atoms with Gasteiger partial charge in [-0.1, -0.05) is 11.6 Å². The van der Waals surface area contributed by atoms with Crippen LogP contribution in [-0.2, 0) is 0 Å². The van der Waals surface area contributed by atoms with E-state index in [1.54, 1.807) is 0 Å². The average Bonchev–Trinajstić information content (AvgIpc) is 2.39. The largest absolute Gasteiger partial charge is 0.335 e. The van der Waals surface area contributed by atoms with Gasteiger partial charge in [-0.2, -0.15) is 0 Å². The first-order valence-corrected chi connectivity index (χ1v) is 6.46. The molecule has 0 spiro atoms. The number of carbonyl (C=O) groups is 1. The van der Waals surface area contributed by atoms with Crippen molar-refractivity contribution in [2.24, 2.45) is 0 Å². The van der Waals surface area contributed by atoms with Gasteiger partial charge in [0.1, 0.15) is 10.8 Å². The van der Waals surface area contributed by atoms with Crippen LogP contribution in [0.1, 0.15) is 24.3 Å². The van der Waals surface area contributed by atoms with Gasteiger partial charge in [0, 0.05) is 32.2 Å². The Kier molecular flexibility index (Phi) is 4.14. The molecular formula is C12H17ClN4O. The van der Waals surface area contributed by atoms with Crippen molar-refractivity contribution in [1.29, 1.82) is 0 Å². The van der Waals surface area contributed by atoms with E-state index in [1.165, 1.54) is 12.4 Å². The standard InChI is InChI=1S/C12H17ClN4O/c1-9(2)16-3-5-17(6-4-16)12(18)10-7-15-11(13)8-14-10/h7-9H,3-6H2,1-2H3. The van der Waals surface area contributed by atoms with Crippen molar-refractivity contribution in [3.63, 3.8) is 0 Å². The Balaban J connectivity index is 1.97. The number of amides is 1. The lowest BCUT2D eigenvalue weighted by atomic mass is 10.2. The molecule has 2 rings (SSSR count). The summed E-state index contributed by atoms with van der Waals surface area (Å²) in [7, 11) is 0. The Morgan fingerprint density at radius 1 is 1.22 bits per heavy atom. The minimum absolute atomic E-state index is 0.0671. The number of aromatic nitrogens is 2. The van der Waals surface area contributed by atoms with Gasteiger partial charge in [0.2, 0.25) is 0 Å². The van der Waals surface area contributed by atoms with Gasteiger partial charge in [-0.3, -0.25) is 9.69 Å². The maximum atomic E-state index is 12.1. The summed E-state index contributed by atoms with van der Waals surface area (Å²) in [5, 5.41) is 0.302. The predicted octanol–water partition coefficient (Wildman–Crippen LogP) is 1.30. The zero-order valence-corrected chi connectivity index (χ0v) is 11.4. The van der Waals surface area contributed by atoms with E-state index < -0.39 is 0 Å². The molecule has 0 unspecified atom stereocenters. The quantitative estimate of drug-likeness (QED) is 0.811. The summed E-state index contributed by atoms with van der Waals surface area (Å²) in [5.41, 5.74) is 0.359. The number of carbonyl (C=O) groups excluding carboxylic acids is 1. The maximum Gasteiger partial charge on any atom is 0.274 e. The molecule has 0 saturated carbocycles. The molecule has 2 heterocycles. The van der Waals surface area contributed by atoms with Crippen LogP contribution in [0.25, 0.3) is 0 Å². The second-order valence-corrected chi connectivity index (χ2v) is 5.03. The molecule has 1 aliphatic rings. The Bertz CT molecular complexity index is 413. The summed E-state index contributed by atoms with van der Waals surface area (Å²) in [6.07, 6.45) is 2.83. The van der Waals surface area contributed by atoms with Crippen LogP contribution in [-0.4, -0.2) is 57.9 Å². The predicted molar refractivity (Wildman–Crippen MR) is 69.7 cm³/mol. The van der Waals surface area contributed by atoms with Gasteiger partial charge in [0.25, 0.3) is 5.91 Å². The van der Waals surface area contributed by atoms with Crippen LogP contribution < -0.4 is 0 Å². The fraction of sp³-hybridized carbons (Fsp3) is 0.583. The fourth-order valence-electron chi connectivity index (χ4n) is 2.03. The molecule has 1 fully saturated rings. The monoisotopic (exact) mass is 268 g/mol. The van der Waals surface area contributed by atoms with Crippen molar-refractivity contribution in [2.45, 2.75) is 19.9 Å². The van der Waals surface area contributed by atoms with Crippen molar-refractivity contribution in [2.75, 3.05) is 26.2 Å². The Morgan fingerprint density at radius 2 is 1.89 bits per heavy atom. The van der Waals surface area contributed by atoms with Crippen LogP contribution >= 0.6 is 11.6 Å². The molecular weight excluding hydrogens is 252 g/mol. The maximum absolute atomic E-state index is 12.1. The summed E-state index contributed by atoms with van der Waals surface area (Å²) in [5.74, 6) is -0.0671. The van der Waals surface area contributed by atoms with Crippen LogP contribution in [0.3, 0.4) is 0 Å². The van der Waals surface area contributed by atoms with E-state index in [4.69, 9.17) is 11.6 Å². The van der Waals surface area contributed by atoms with E-state index in [9.17, 15) is 4.79 Å². The molecule has 0 bridgehead atoms. The summed E-state index contributed by atoms with van der Waals surface area (Å²) in [6, 6.07) is 0.526.